The Morgan fingerprint density at radius 3 is 2.45 bits per heavy atom. The number of carbonyl (C=O) groups excluding carboxylic acids is 2. The highest BCUT2D eigenvalue weighted by molar-refractivity contribution is 7.89. The van der Waals surface area contributed by atoms with Gasteiger partial charge >= 0.3 is 0 Å². The Labute approximate surface area is 174 Å². The van der Waals surface area contributed by atoms with Gasteiger partial charge < -0.3 is 15.2 Å². The number of aryl methyl sites for hydroxylation is 2. The van der Waals surface area contributed by atoms with Crippen LogP contribution < -0.4 is 15.4 Å². The topological polar surface area (TPSA) is 130 Å². The molecule has 0 radical (unpaired) electrons. The van der Waals surface area contributed by atoms with Crippen LogP contribution in [-0.4, -0.2) is 38.0 Å². The van der Waals surface area contributed by atoms with E-state index >= 15 is 0 Å². The number of amides is 2. The quantitative estimate of drug-likeness (QED) is 0.510. The van der Waals surface area contributed by atoms with Crippen LogP contribution >= 0.6 is 11.6 Å². The molecule has 0 aliphatic heterocycles. The lowest BCUT2D eigenvalue weighted by Crippen LogP contribution is -2.45. The first-order valence-electron chi connectivity index (χ1n) is 8.88. The number of benzene rings is 1. The van der Waals surface area contributed by atoms with Crippen molar-refractivity contribution in [3.63, 3.8) is 0 Å². The van der Waals surface area contributed by atoms with E-state index in [9.17, 15) is 18.0 Å². The van der Waals surface area contributed by atoms with E-state index in [4.69, 9.17) is 16.1 Å². The van der Waals surface area contributed by atoms with E-state index < -0.39 is 22.0 Å². The molecule has 1 atom stereocenters. The van der Waals surface area contributed by atoms with Crippen molar-refractivity contribution in [1.29, 1.82) is 0 Å². The van der Waals surface area contributed by atoms with Gasteiger partial charge in [-0.05, 0) is 51.5 Å². The van der Waals surface area contributed by atoms with Crippen molar-refractivity contribution in [1.82, 2.24) is 15.2 Å². The van der Waals surface area contributed by atoms with Gasteiger partial charge in [0, 0.05) is 23.7 Å². The molecule has 11 heteroatoms. The molecule has 29 heavy (non-hydrogen) atoms. The van der Waals surface area contributed by atoms with Crippen LogP contribution in [0.4, 0.5) is 5.69 Å². The van der Waals surface area contributed by atoms with Gasteiger partial charge in [-0.3, -0.25) is 9.59 Å². The predicted molar refractivity (Wildman–Crippen MR) is 108 cm³/mol. The number of hydrogen-bond acceptors (Lipinski definition) is 6. The lowest BCUT2D eigenvalue weighted by atomic mass is 10.2. The number of aromatic nitrogens is 1. The third kappa shape index (κ3) is 6.55. The third-order valence-electron chi connectivity index (χ3n) is 3.97. The van der Waals surface area contributed by atoms with Gasteiger partial charge in [0.15, 0.2) is 5.76 Å². The molecule has 0 fully saturated rings. The summed E-state index contributed by atoms with van der Waals surface area (Å²) in [5, 5.41) is 9.51. The SMILES string of the molecule is Cc1noc(C)c1S(=O)(=O)N[C@@H](C)C(=O)NCCCC(=O)Nc1ccc(Cl)cc1. The molecule has 9 nitrogen and oxygen atoms in total. The van der Waals surface area contributed by atoms with Crippen molar-refractivity contribution in [2.24, 2.45) is 0 Å². The van der Waals surface area contributed by atoms with Gasteiger partial charge in [0.25, 0.3) is 0 Å². The molecule has 158 valence electrons. The Balaban J connectivity index is 1.76. The van der Waals surface area contributed by atoms with E-state index in [-0.39, 0.29) is 35.2 Å². The van der Waals surface area contributed by atoms with Gasteiger partial charge in [0.05, 0.1) is 6.04 Å². The fourth-order valence-electron chi connectivity index (χ4n) is 2.57. The highest BCUT2D eigenvalue weighted by Crippen LogP contribution is 2.19. The second-order valence-corrected chi connectivity index (χ2v) is 8.53. The number of nitrogens with one attached hydrogen (secondary N) is 3. The van der Waals surface area contributed by atoms with Crippen molar-refractivity contribution < 1.29 is 22.5 Å². The standard InChI is InChI=1S/C18H23ClN4O5S/c1-11-17(13(3)28-22-11)29(26,27)23-12(2)18(25)20-10-4-5-16(24)21-15-8-6-14(19)7-9-15/h6-9,12,23H,4-5,10H2,1-3H3,(H,20,25)(H,21,24)/t12-/m0/s1. The van der Waals surface area contributed by atoms with Crippen LogP contribution in [0.2, 0.25) is 5.02 Å². The Hall–Kier alpha value is -2.43. The second kappa shape index (κ2) is 9.86. The number of hydrogen-bond donors (Lipinski definition) is 3. The van der Waals surface area contributed by atoms with Gasteiger partial charge in [0.1, 0.15) is 10.6 Å². The van der Waals surface area contributed by atoms with Gasteiger partial charge in [-0.15, -0.1) is 0 Å². The van der Waals surface area contributed by atoms with Crippen molar-refractivity contribution in [2.45, 2.75) is 44.6 Å². The molecule has 1 heterocycles. The normalized spacial score (nSPS) is 12.4. The maximum absolute atomic E-state index is 12.4. The zero-order valence-corrected chi connectivity index (χ0v) is 17.9. The minimum atomic E-state index is -3.94. The number of anilines is 1. The molecule has 3 N–H and O–H groups in total. The van der Waals surface area contributed by atoms with Crippen molar-refractivity contribution >= 4 is 39.1 Å². The molecular formula is C18H23ClN4O5S. The molecule has 2 rings (SSSR count). The summed E-state index contributed by atoms with van der Waals surface area (Å²) in [5.41, 5.74) is 0.847. The molecular weight excluding hydrogens is 420 g/mol. The van der Waals surface area contributed by atoms with Gasteiger partial charge in [-0.1, -0.05) is 16.8 Å². The lowest BCUT2D eigenvalue weighted by Gasteiger charge is -2.14. The maximum atomic E-state index is 12.4. The number of halogens is 1. The first-order valence-corrected chi connectivity index (χ1v) is 10.7. The monoisotopic (exact) mass is 442 g/mol. The van der Waals surface area contributed by atoms with Crippen LogP contribution in [0.15, 0.2) is 33.7 Å². The molecule has 2 aromatic rings. The summed E-state index contributed by atoms with van der Waals surface area (Å²) in [7, 11) is -3.94. The number of carbonyl (C=O) groups is 2. The Kier molecular flexibility index (Phi) is 7.77. The van der Waals surface area contributed by atoms with Crippen molar-refractivity contribution in [3.05, 3.63) is 40.7 Å². The van der Waals surface area contributed by atoms with Crippen LogP contribution in [-0.2, 0) is 19.6 Å². The Bertz CT molecular complexity index is 953. The number of nitrogens with zero attached hydrogens (tertiary/aromatic N) is 1. The fraction of sp³-hybridized carbons (Fsp3) is 0.389. The number of sulfonamides is 1. The molecule has 1 aromatic carbocycles. The molecule has 0 spiro atoms. The minimum Gasteiger partial charge on any atom is -0.360 e. The van der Waals surface area contributed by atoms with Crippen LogP contribution in [0, 0.1) is 13.8 Å². The first-order chi connectivity index (χ1) is 13.6. The van der Waals surface area contributed by atoms with Crippen molar-refractivity contribution in [2.75, 3.05) is 11.9 Å². The summed E-state index contributed by atoms with van der Waals surface area (Å²) >= 11 is 5.79. The average molecular weight is 443 g/mol. The van der Waals surface area contributed by atoms with Crippen molar-refractivity contribution in [3.8, 4) is 0 Å². The Morgan fingerprint density at radius 1 is 1.21 bits per heavy atom. The predicted octanol–water partition coefficient (Wildman–Crippen LogP) is 2.15. The summed E-state index contributed by atoms with van der Waals surface area (Å²) in [6.07, 6.45) is 0.594. The van der Waals surface area contributed by atoms with E-state index in [2.05, 4.69) is 20.5 Å². The van der Waals surface area contributed by atoms with Crippen LogP contribution in [0.25, 0.3) is 0 Å². The largest absolute Gasteiger partial charge is 0.360 e. The Morgan fingerprint density at radius 2 is 1.86 bits per heavy atom. The first kappa shape index (κ1) is 22.9. The molecule has 2 amide bonds. The molecule has 0 unspecified atom stereocenters. The molecule has 0 saturated heterocycles. The number of rotatable bonds is 9. The highest BCUT2D eigenvalue weighted by Gasteiger charge is 2.27. The average Bonchev–Trinajstić information content (AvgIpc) is 2.99. The smallest absolute Gasteiger partial charge is 0.246 e. The van der Waals surface area contributed by atoms with E-state index in [1.54, 1.807) is 24.3 Å². The van der Waals surface area contributed by atoms with E-state index in [1.165, 1.54) is 20.8 Å². The van der Waals surface area contributed by atoms with Gasteiger partial charge in [-0.2, -0.15) is 4.72 Å². The van der Waals surface area contributed by atoms with Gasteiger partial charge in [0.2, 0.25) is 21.8 Å². The zero-order chi connectivity index (χ0) is 21.6. The van der Waals surface area contributed by atoms with Crippen LogP contribution in [0.5, 0.6) is 0 Å². The van der Waals surface area contributed by atoms with Crippen LogP contribution in [0.1, 0.15) is 31.2 Å². The van der Waals surface area contributed by atoms with E-state index in [0.717, 1.165) is 0 Å². The molecule has 1 aromatic heterocycles. The summed E-state index contributed by atoms with van der Waals surface area (Å²) in [6, 6.07) is 5.71. The molecule has 0 aliphatic carbocycles. The van der Waals surface area contributed by atoms with E-state index in [1.807, 2.05) is 0 Å². The maximum Gasteiger partial charge on any atom is 0.246 e. The third-order valence-corrected chi connectivity index (χ3v) is 6.01. The molecule has 0 bridgehead atoms. The van der Waals surface area contributed by atoms with E-state index in [0.29, 0.717) is 17.1 Å². The molecule has 0 saturated carbocycles. The summed E-state index contributed by atoms with van der Waals surface area (Å²) < 4.78 is 32.0. The summed E-state index contributed by atoms with van der Waals surface area (Å²) in [6.45, 7) is 4.64. The fourth-order valence-corrected chi connectivity index (χ4v) is 4.23. The molecule has 0 aliphatic rings. The summed E-state index contributed by atoms with van der Waals surface area (Å²) in [5.74, 6) is -0.554. The lowest BCUT2D eigenvalue weighted by molar-refractivity contribution is -0.122. The zero-order valence-electron chi connectivity index (χ0n) is 16.3. The van der Waals surface area contributed by atoms with Crippen LogP contribution in [0.3, 0.4) is 0 Å². The highest BCUT2D eigenvalue weighted by atomic mass is 35.5. The van der Waals surface area contributed by atoms with Gasteiger partial charge in [-0.25, -0.2) is 8.42 Å². The minimum absolute atomic E-state index is 0.0731. The summed E-state index contributed by atoms with van der Waals surface area (Å²) in [4.78, 5) is 24.0. The second-order valence-electron chi connectivity index (χ2n) is 6.45.